The summed E-state index contributed by atoms with van der Waals surface area (Å²) in [4.78, 5) is 44.7. The summed E-state index contributed by atoms with van der Waals surface area (Å²) in [6, 6.07) is 13.3. The molecule has 2 heterocycles. The fourth-order valence-corrected chi connectivity index (χ4v) is 4.16. The number of pyridine rings is 1. The van der Waals surface area contributed by atoms with Gasteiger partial charge in [0.25, 0.3) is 11.7 Å². The molecule has 1 aliphatic rings. The van der Waals surface area contributed by atoms with Crippen molar-refractivity contribution in [1.82, 2.24) is 4.98 Å². The van der Waals surface area contributed by atoms with Gasteiger partial charge in [-0.15, -0.1) is 0 Å². The Morgan fingerprint density at radius 1 is 1.03 bits per heavy atom. The van der Waals surface area contributed by atoms with Gasteiger partial charge in [0.05, 0.1) is 43.1 Å². The van der Waals surface area contributed by atoms with Crippen LogP contribution in [-0.4, -0.2) is 48.1 Å². The number of carbonyl (C=O) groups excluding carboxylic acids is 3. The highest BCUT2D eigenvalue weighted by atomic mass is 16.5. The van der Waals surface area contributed by atoms with E-state index in [1.807, 2.05) is 0 Å². The average Bonchev–Trinajstić information content (AvgIpc) is 3.18. The fraction of sp³-hybridized carbons (Fsp3) is 0.214. The summed E-state index contributed by atoms with van der Waals surface area (Å²) in [5.74, 6) is -2.05. The highest BCUT2D eigenvalue weighted by molar-refractivity contribution is 6.51. The van der Waals surface area contributed by atoms with E-state index in [-0.39, 0.29) is 34.2 Å². The molecule has 0 spiro atoms. The first-order valence-electron chi connectivity index (χ1n) is 11.5. The van der Waals surface area contributed by atoms with E-state index in [0.717, 1.165) is 0 Å². The van der Waals surface area contributed by atoms with E-state index in [9.17, 15) is 19.5 Å². The van der Waals surface area contributed by atoms with Crippen molar-refractivity contribution in [1.29, 1.82) is 0 Å². The Morgan fingerprint density at radius 2 is 1.81 bits per heavy atom. The van der Waals surface area contributed by atoms with Crippen molar-refractivity contribution in [3.8, 4) is 11.5 Å². The maximum atomic E-state index is 13.4. The lowest BCUT2D eigenvalue weighted by atomic mass is 9.95. The molecule has 4 rings (SSSR count). The summed E-state index contributed by atoms with van der Waals surface area (Å²) >= 11 is 0. The number of aliphatic hydroxyl groups is 1. The Balaban J connectivity index is 1.92. The van der Waals surface area contributed by atoms with E-state index in [4.69, 9.17) is 14.2 Å². The van der Waals surface area contributed by atoms with Crippen molar-refractivity contribution >= 4 is 29.1 Å². The summed E-state index contributed by atoms with van der Waals surface area (Å²) in [6.45, 7) is 3.46. The van der Waals surface area contributed by atoms with Crippen molar-refractivity contribution in [2.45, 2.75) is 26.0 Å². The van der Waals surface area contributed by atoms with E-state index >= 15 is 0 Å². The summed E-state index contributed by atoms with van der Waals surface area (Å²) in [5.41, 5.74) is 1.02. The van der Waals surface area contributed by atoms with Crippen molar-refractivity contribution in [3.63, 3.8) is 0 Å². The van der Waals surface area contributed by atoms with Crippen LogP contribution in [0.4, 0.5) is 5.69 Å². The number of ether oxygens (including phenoxy) is 3. The van der Waals surface area contributed by atoms with E-state index in [1.165, 1.54) is 37.4 Å². The zero-order chi connectivity index (χ0) is 26.7. The van der Waals surface area contributed by atoms with Crippen molar-refractivity contribution in [2.75, 3.05) is 19.1 Å². The number of esters is 1. The average molecular weight is 503 g/mol. The first-order chi connectivity index (χ1) is 17.8. The Labute approximate surface area is 213 Å². The maximum absolute atomic E-state index is 13.4. The highest BCUT2D eigenvalue weighted by Crippen LogP contribution is 2.43. The van der Waals surface area contributed by atoms with E-state index in [1.54, 1.807) is 62.5 Å². The third kappa shape index (κ3) is 4.88. The largest absolute Gasteiger partial charge is 0.507 e. The lowest BCUT2D eigenvalue weighted by molar-refractivity contribution is -0.132. The van der Waals surface area contributed by atoms with Gasteiger partial charge in [-0.05, 0) is 61.9 Å². The second-order valence-corrected chi connectivity index (χ2v) is 8.53. The van der Waals surface area contributed by atoms with Crippen LogP contribution in [-0.2, 0) is 14.3 Å². The zero-order valence-corrected chi connectivity index (χ0v) is 20.8. The van der Waals surface area contributed by atoms with E-state index in [0.29, 0.717) is 11.3 Å². The van der Waals surface area contributed by atoms with Crippen LogP contribution < -0.4 is 14.4 Å². The van der Waals surface area contributed by atoms with Crippen LogP contribution in [0.5, 0.6) is 11.5 Å². The highest BCUT2D eigenvalue weighted by Gasteiger charge is 2.47. The number of hydrogen-bond donors (Lipinski definition) is 1. The Morgan fingerprint density at radius 3 is 2.46 bits per heavy atom. The normalized spacial score (nSPS) is 16.7. The minimum Gasteiger partial charge on any atom is -0.507 e. The first-order valence-corrected chi connectivity index (χ1v) is 11.5. The van der Waals surface area contributed by atoms with Crippen molar-refractivity contribution < 1.29 is 33.7 Å². The number of aromatic nitrogens is 1. The third-order valence-electron chi connectivity index (χ3n) is 5.81. The first kappa shape index (κ1) is 25.4. The number of ketones is 1. The van der Waals surface area contributed by atoms with E-state index in [2.05, 4.69) is 4.98 Å². The van der Waals surface area contributed by atoms with Gasteiger partial charge in [-0.2, -0.15) is 0 Å². The minimum atomic E-state index is -1.03. The minimum absolute atomic E-state index is 0.153. The molecule has 1 fully saturated rings. The molecule has 0 radical (unpaired) electrons. The smallest absolute Gasteiger partial charge is 0.338 e. The van der Waals surface area contributed by atoms with Crippen LogP contribution in [0.3, 0.4) is 0 Å². The van der Waals surface area contributed by atoms with Crippen molar-refractivity contribution in [3.05, 3.63) is 89.3 Å². The molecular weight excluding hydrogens is 476 g/mol. The number of Topliss-reactive ketones (excluding diaryl/α,β-unsaturated/α-hetero) is 1. The number of rotatable bonds is 7. The second kappa shape index (κ2) is 10.5. The molecular formula is C28H26N2O7. The number of nitrogens with zero attached hydrogens (tertiary/aromatic N) is 2. The molecule has 2 aromatic carbocycles. The van der Waals surface area contributed by atoms with Gasteiger partial charge in [0.2, 0.25) is 0 Å². The van der Waals surface area contributed by atoms with Gasteiger partial charge in [0.1, 0.15) is 17.3 Å². The topological polar surface area (TPSA) is 115 Å². The number of carbonyl (C=O) groups is 3. The number of hydrogen-bond acceptors (Lipinski definition) is 8. The second-order valence-electron chi connectivity index (χ2n) is 8.53. The summed E-state index contributed by atoms with van der Waals surface area (Å²) in [7, 11) is 2.90. The lowest BCUT2D eigenvalue weighted by Gasteiger charge is -2.25. The number of anilines is 1. The molecule has 3 aromatic rings. The summed E-state index contributed by atoms with van der Waals surface area (Å²) < 4.78 is 15.9. The predicted octanol–water partition coefficient (Wildman–Crippen LogP) is 4.29. The van der Waals surface area contributed by atoms with Crippen LogP contribution in [0.1, 0.15) is 41.4 Å². The maximum Gasteiger partial charge on any atom is 0.338 e. The van der Waals surface area contributed by atoms with E-state index < -0.39 is 29.5 Å². The molecule has 9 heteroatoms. The van der Waals surface area contributed by atoms with Crippen LogP contribution in [0, 0.1) is 0 Å². The predicted molar refractivity (Wildman–Crippen MR) is 136 cm³/mol. The van der Waals surface area contributed by atoms with Crippen LogP contribution in [0.25, 0.3) is 5.76 Å². The summed E-state index contributed by atoms with van der Waals surface area (Å²) in [5, 5.41) is 11.4. The number of aliphatic hydroxyl groups excluding tert-OH is 1. The van der Waals surface area contributed by atoms with Gasteiger partial charge in [0.15, 0.2) is 0 Å². The molecule has 0 aliphatic carbocycles. The molecule has 37 heavy (non-hydrogen) atoms. The van der Waals surface area contributed by atoms with Gasteiger partial charge in [-0.25, -0.2) is 4.79 Å². The molecule has 190 valence electrons. The molecule has 1 aliphatic heterocycles. The molecule has 0 saturated carbocycles. The Kier molecular flexibility index (Phi) is 7.24. The molecule has 1 amide bonds. The third-order valence-corrected chi connectivity index (χ3v) is 5.81. The number of benzene rings is 2. The molecule has 1 N–H and O–H groups in total. The molecule has 1 aromatic heterocycles. The Hall–Kier alpha value is -4.66. The lowest BCUT2D eigenvalue weighted by Crippen LogP contribution is -2.29. The van der Waals surface area contributed by atoms with Gasteiger partial charge in [-0.1, -0.05) is 12.1 Å². The SMILES string of the molecule is COc1ccc(OC)c(/C(O)=C2\C(=O)C(=O)N(c3cccc(C(=O)OC(C)C)c3)C2c2cccnc2)c1. The molecule has 0 bridgehead atoms. The number of amides is 1. The van der Waals surface area contributed by atoms with Crippen LogP contribution in [0.2, 0.25) is 0 Å². The van der Waals surface area contributed by atoms with Crippen LogP contribution >= 0.6 is 0 Å². The molecule has 1 unspecified atom stereocenters. The van der Waals surface area contributed by atoms with Gasteiger partial charge >= 0.3 is 5.97 Å². The van der Waals surface area contributed by atoms with Gasteiger partial charge in [0, 0.05) is 18.1 Å². The summed E-state index contributed by atoms with van der Waals surface area (Å²) in [6.07, 6.45) is 2.73. The number of methoxy groups -OCH3 is 2. The molecule has 1 atom stereocenters. The Bertz CT molecular complexity index is 1380. The fourth-order valence-electron chi connectivity index (χ4n) is 4.16. The molecule has 9 nitrogen and oxygen atoms in total. The van der Waals surface area contributed by atoms with Gasteiger partial charge in [-0.3, -0.25) is 19.5 Å². The quantitative estimate of drug-likeness (QED) is 0.220. The van der Waals surface area contributed by atoms with Crippen molar-refractivity contribution in [2.24, 2.45) is 0 Å². The van der Waals surface area contributed by atoms with Gasteiger partial charge < -0.3 is 19.3 Å². The standard InChI is InChI=1S/C28H26N2O7/c1-16(2)37-28(34)17-7-5-9-19(13-17)30-24(18-8-6-12-29-15-18)23(26(32)27(30)33)25(31)21-14-20(35-3)10-11-22(21)36-4/h5-16,24,31H,1-4H3/b25-23+. The zero-order valence-electron chi connectivity index (χ0n) is 20.8. The van der Waals surface area contributed by atoms with Crippen LogP contribution in [0.15, 0.2) is 72.6 Å². The molecule has 1 saturated heterocycles. The monoisotopic (exact) mass is 502 g/mol.